The van der Waals surface area contributed by atoms with E-state index in [0.717, 1.165) is 12.8 Å². The molecule has 21 heavy (non-hydrogen) atoms. The normalized spacial score (nSPS) is 17.4. The van der Waals surface area contributed by atoms with Gasteiger partial charge in [-0.2, -0.15) is 4.31 Å². The molecule has 1 aliphatic carbocycles. The summed E-state index contributed by atoms with van der Waals surface area (Å²) in [5.41, 5.74) is 0.583. The molecule has 0 spiro atoms. The molecule has 1 saturated carbocycles. The largest absolute Gasteiger partial charge is 0.390 e. The third-order valence-electron chi connectivity index (χ3n) is 4.13. The number of aromatic nitrogens is 1. The lowest BCUT2D eigenvalue weighted by molar-refractivity contribution is 0.164. The molecule has 1 unspecified atom stereocenters. The molecule has 6 nitrogen and oxygen atoms in total. The monoisotopic (exact) mass is 316 g/mol. The van der Waals surface area contributed by atoms with E-state index in [1.807, 2.05) is 6.92 Å². The van der Waals surface area contributed by atoms with Crippen molar-refractivity contribution in [3.63, 3.8) is 0 Å². The molecule has 0 aromatic carbocycles. The van der Waals surface area contributed by atoms with Crippen LogP contribution in [-0.4, -0.2) is 48.7 Å². The van der Waals surface area contributed by atoms with Crippen molar-refractivity contribution in [3.05, 3.63) is 18.0 Å². The molecule has 0 bridgehead atoms. The lowest BCUT2D eigenvalue weighted by Crippen LogP contribution is -2.41. The van der Waals surface area contributed by atoms with Crippen LogP contribution in [0.5, 0.6) is 0 Å². The fourth-order valence-corrected chi connectivity index (χ4v) is 4.32. The molecule has 120 valence electrons. The van der Waals surface area contributed by atoms with E-state index in [-0.39, 0.29) is 17.5 Å². The van der Waals surface area contributed by atoms with E-state index >= 15 is 0 Å². The number of aliphatic hydroxyl groups is 1. The second-order valence-corrected chi connectivity index (χ2v) is 7.51. The summed E-state index contributed by atoms with van der Waals surface area (Å²) in [6, 6.07) is 1.51. The van der Waals surface area contributed by atoms with Gasteiger partial charge in [-0.25, -0.2) is 8.42 Å². The SMILES string of the molecule is COCCN(C(C)C1CC1)S(=O)(=O)c1cc(CO)n(C)c1. The molecule has 1 N–H and O–H groups in total. The van der Waals surface area contributed by atoms with Gasteiger partial charge in [-0.15, -0.1) is 0 Å². The van der Waals surface area contributed by atoms with Gasteiger partial charge in [-0.3, -0.25) is 0 Å². The average Bonchev–Trinajstić information content (AvgIpc) is 3.21. The Labute approximate surface area is 126 Å². The summed E-state index contributed by atoms with van der Waals surface area (Å²) in [6.07, 6.45) is 3.72. The summed E-state index contributed by atoms with van der Waals surface area (Å²) in [5.74, 6) is 0.442. The number of aliphatic hydroxyl groups excluding tert-OH is 1. The Morgan fingerprint density at radius 2 is 2.19 bits per heavy atom. The smallest absolute Gasteiger partial charge is 0.244 e. The van der Waals surface area contributed by atoms with Crippen molar-refractivity contribution in [2.45, 2.75) is 37.3 Å². The summed E-state index contributed by atoms with van der Waals surface area (Å²) >= 11 is 0. The van der Waals surface area contributed by atoms with Crippen LogP contribution in [0.1, 0.15) is 25.5 Å². The van der Waals surface area contributed by atoms with Crippen molar-refractivity contribution >= 4 is 10.0 Å². The highest BCUT2D eigenvalue weighted by Gasteiger charge is 2.38. The van der Waals surface area contributed by atoms with Crippen LogP contribution in [0.2, 0.25) is 0 Å². The Hall–Kier alpha value is -0.890. The number of hydrogen-bond donors (Lipinski definition) is 1. The Bertz CT molecular complexity index is 578. The quantitative estimate of drug-likeness (QED) is 0.775. The number of methoxy groups -OCH3 is 1. The zero-order valence-corrected chi connectivity index (χ0v) is 13.6. The predicted octanol–water partition coefficient (Wildman–Crippen LogP) is 0.953. The first-order valence-corrected chi connectivity index (χ1v) is 8.62. The zero-order chi connectivity index (χ0) is 15.6. The lowest BCUT2D eigenvalue weighted by atomic mass is 10.2. The topological polar surface area (TPSA) is 71.8 Å². The van der Waals surface area contributed by atoms with Gasteiger partial charge in [0.15, 0.2) is 0 Å². The van der Waals surface area contributed by atoms with Crippen LogP contribution in [0, 0.1) is 5.92 Å². The zero-order valence-electron chi connectivity index (χ0n) is 12.8. The predicted molar refractivity (Wildman–Crippen MR) is 79.3 cm³/mol. The Morgan fingerprint density at radius 1 is 1.52 bits per heavy atom. The summed E-state index contributed by atoms with van der Waals surface area (Å²) in [5, 5.41) is 9.24. The van der Waals surface area contributed by atoms with Crippen LogP contribution < -0.4 is 0 Å². The number of rotatable bonds is 8. The van der Waals surface area contributed by atoms with Crippen LogP contribution in [0.3, 0.4) is 0 Å². The fraction of sp³-hybridized carbons (Fsp3) is 0.714. The van der Waals surface area contributed by atoms with Crippen molar-refractivity contribution < 1.29 is 18.3 Å². The van der Waals surface area contributed by atoms with Crippen LogP contribution in [0.15, 0.2) is 17.2 Å². The van der Waals surface area contributed by atoms with Crippen molar-refractivity contribution in [2.75, 3.05) is 20.3 Å². The van der Waals surface area contributed by atoms with Gasteiger partial charge < -0.3 is 14.4 Å². The van der Waals surface area contributed by atoms with E-state index < -0.39 is 10.0 Å². The molecule has 1 heterocycles. The number of sulfonamides is 1. The van der Waals surface area contributed by atoms with Crippen molar-refractivity contribution in [3.8, 4) is 0 Å². The molecule has 0 saturated heterocycles. The maximum absolute atomic E-state index is 12.9. The molecular weight excluding hydrogens is 292 g/mol. The molecule has 1 fully saturated rings. The second-order valence-electron chi connectivity index (χ2n) is 5.62. The molecule has 7 heteroatoms. The number of hydrogen-bond acceptors (Lipinski definition) is 4. The maximum atomic E-state index is 12.9. The minimum absolute atomic E-state index is 0.0251. The van der Waals surface area contributed by atoms with Gasteiger partial charge in [-0.1, -0.05) is 0 Å². The first kappa shape index (κ1) is 16.5. The Kier molecular flexibility index (Phi) is 5.08. The highest BCUT2D eigenvalue weighted by molar-refractivity contribution is 7.89. The van der Waals surface area contributed by atoms with Gasteiger partial charge in [0.2, 0.25) is 10.0 Å². The standard InChI is InChI=1S/C14H24N2O4S/c1-11(12-4-5-12)16(6-7-20-3)21(18,19)14-8-13(10-17)15(2)9-14/h8-9,11-12,17H,4-7,10H2,1-3H3. The number of aryl methyl sites for hydroxylation is 1. The highest BCUT2D eigenvalue weighted by Crippen LogP contribution is 2.37. The Morgan fingerprint density at radius 3 is 2.67 bits per heavy atom. The van der Waals surface area contributed by atoms with E-state index in [2.05, 4.69) is 0 Å². The van der Waals surface area contributed by atoms with Crippen LogP contribution in [-0.2, 0) is 28.4 Å². The minimum Gasteiger partial charge on any atom is -0.390 e. The fourth-order valence-electron chi connectivity index (χ4n) is 2.55. The van der Waals surface area contributed by atoms with E-state index in [9.17, 15) is 13.5 Å². The van der Waals surface area contributed by atoms with Gasteiger partial charge >= 0.3 is 0 Å². The third-order valence-corrected chi connectivity index (χ3v) is 6.08. The van der Waals surface area contributed by atoms with E-state index in [0.29, 0.717) is 24.8 Å². The summed E-state index contributed by atoms with van der Waals surface area (Å²) in [6.45, 7) is 2.50. The van der Waals surface area contributed by atoms with Crippen molar-refractivity contribution in [1.29, 1.82) is 0 Å². The molecule has 1 aromatic heterocycles. The third kappa shape index (κ3) is 3.48. The van der Waals surface area contributed by atoms with Gasteiger partial charge in [-0.05, 0) is 31.7 Å². The number of nitrogens with zero attached hydrogens (tertiary/aromatic N) is 2. The first-order valence-electron chi connectivity index (χ1n) is 7.18. The lowest BCUT2D eigenvalue weighted by Gasteiger charge is -2.27. The summed E-state index contributed by atoms with van der Waals surface area (Å²) in [4.78, 5) is 0.234. The summed E-state index contributed by atoms with van der Waals surface area (Å²) in [7, 11) is -0.269. The van der Waals surface area contributed by atoms with Gasteiger partial charge in [0.1, 0.15) is 4.90 Å². The van der Waals surface area contributed by atoms with Gasteiger partial charge in [0.25, 0.3) is 0 Å². The first-order chi connectivity index (χ1) is 9.91. The number of ether oxygens (including phenoxy) is 1. The summed E-state index contributed by atoms with van der Waals surface area (Å²) < 4.78 is 34.0. The molecule has 2 rings (SSSR count). The van der Waals surface area contributed by atoms with Gasteiger partial charge in [0, 0.05) is 38.6 Å². The van der Waals surface area contributed by atoms with Crippen LogP contribution in [0.25, 0.3) is 0 Å². The average molecular weight is 316 g/mol. The van der Waals surface area contributed by atoms with Crippen molar-refractivity contribution in [2.24, 2.45) is 13.0 Å². The Balaban J connectivity index is 2.30. The van der Waals surface area contributed by atoms with E-state index in [1.54, 1.807) is 24.9 Å². The second kappa shape index (κ2) is 6.48. The molecular formula is C14H24N2O4S. The maximum Gasteiger partial charge on any atom is 0.244 e. The van der Waals surface area contributed by atoms with E-state index in [4.69, 9.17) is 4.74 Å². The molecule has 1 atom stereocenters. The molecule has 0 aliphatic heterocycles. The van der Waals surface area contributed by atoms with E-state index in [1.165, 1.54) is 10.4 Å². The van der Waals surface area contributed by atoms with Crippen LogP contribution >= 0.6 is 0 Å². The van der Waals surface area contributed by atoms with Gasteiger partial charge in [0.05, 0.1) is 13.2 Å². The minimum atomic E-state index is -3.57. The highest BCUT2D eigenvalue weighted by atomic mass is 32.2. The molecule has 1 aromatic rings. The van der Waals surface area contributed by atoms with Crippen LogP contribution in [0.4, 0.5) is 0 Å². The van der Waals surface area contributed by atoms with Crippen molar-refractivity contribution in [1.82, 2.24) is 8.87 Å². The molecule has 0 amide bonds. The molecule has 1 aliphatic rings. The molecule has 0 radical (unpaired) electrons.